The summed E-state index contributed by atoms with van der Waals surface area (Å²) >= 11 is 0.978. The summed E-state index contributed by atoms with van der Waals surface area (Å²) in [5, 5.41) is 0.207. The number of nitrogens with zero attached hydrogens (tertiary/aromatic N) is 2. The van der Waals surface area contributed by atoms with Gasteiger partial charge in [-0.3, -0.25) is 9.59 Å². The minimum Gasteiger partial charge on any atom is -0.462 e. The number of H-pyrrole nitrogens is 1. The molecule has 0 radical (unpaired) electrons. The average molecular weight is 364 g/mol. The van der Waals surface area contributed by atoms with Crippen LogP contribution in [0.15, 0.2) is 29.7 Å². The molecule has 0 aliphatic heterocycles. The zero-order valence-electron chi connectivity index (χ0n) is 13.4. The molecule has 0 spiro atoms. The van der Waals surface area contributed by atoms with Gasteiger partial charge in [0.2, 0.25) is 5.78 Å². The lowest BCUT2D eigenvalue weighted by atomic mass is 10.3. The van der Waals surface area contributed by atoms with Gasteiger partial charge in [-0.05, 0) is 19.1 Å². The Morgan fingerprint density at radius 2 is 2.12 bits per heavy atom. The molecule has 0 aliphatic carbocycles. The lowest BCUT2D eigenvalue weighted by molar-refractivity contribution is -0.139. The summed E-state index contributed by atoms with van der Waals surface area (Å²) in [6.45, 7) is 1.53. The van der Waals surface area contributed by atoms with Crippen molar-refractivity contribution in [2.75, 3.05) is 24.7 Å². The van der Waals surface area contributed by atoms with E-state index in [1.165, 1.54) is 6.20 Å². The van der Waals surface area contributed by atoms with Crippen molar-refractivity contribution in [2.45, 2.75) is 12.1 Å². The Kier molecular flexibility index (Phi) is 6.52. The van der Waals surface area contributed by atoms with Crippen molar-refractivity contribution in [3.63, 3.8) is 0 Å². The Morgan fingerprint density at radius 1 is 1.32 bits per heavy atom. The maximum Gasteiger partial charge on any atom is 0.343 e. The van der Waals surface area contributed by atoms with Crippen LogP contribution in [0, 0.1) is 0 Å². The first kappa shape index (κ1) is 18.5. The summed E-state index contributed by atoms with van der Waals surface area (Å²) in [6.07, 6.45) is 2.84. The molecule has 0 saturated heterocycles. The van der Waals surface area contributed by atoms with Crippen LogP contribution in [0.5, 0.6) is 0 Å². The molecule has 9 nitrogen and oxygen atoms in total. The minimum atomic E-state index is -0.612. The highest BCUT2D eigenvalue weighted by Gasteiger charge is 2.15. The van der Waals surface area contributed by atoms with Crippen LogP contribution in [-0.2, 0) is 14.3 Å². The van der Waals surface area contributed by atoms with Crippen molar-refractivity contribution in [2.24, 2.45) is 0 Å². The number of anilines is 1. The van der Waals surface area contributed by atoms with Gasteiger partial charge < -0.3 is 20.2 Å². The van der Waals surface area contributed by atoms with Crippen LogP contribution in [0.2, 0.25) is 0 Å². The summed E-state index contributed by atoms with van der Waals surface area (Å²) in [5.41, 5.74) is 6.11. The summed E-state index contributed by atoms with van der Waals surface area (Å²) in [7, 11) is 0. The fourth-order valence-corrected chi connectivity index (χ4v) is 2.33. The maximum absolute atomic E-state index is 11.7. The molecule has 0 aliphatic rings. The molecule has 0 amide bonds. The van der Waals surface area contributed by atoms with Crippen LogP contribution in [-0.4, -0.2) is 51.6 Å². The first-order chi connectivity index (χ1) is 12.0. The highest BCUT2D eigenvalue weighted by atomic mass is 32.2. The van der Waals surface area contributed by atoms with Gasteiger partial charge in [0.15, 0.2) is 11.8 Å². The number of thioether (sulfide) groups is 1. The summed E-state index contributed by atoms with van der Waals surface area (Å²) in [4.78, 5) is 45.6. The highest BCUT2D eigenvalue weighted by molar-refractivity contribution is 7.99. The fourth-order valence-electron chi connectivity index (χ4n) is 1.71. The number of rotatable bonds is 8. The van der Waals surface area contributed by atoms with Crippen molar-refractivity contribution in [1.29, 1.82) is 0 Å². The smallest absolute Gasteiger partial charge is 0.343 e. The molecule has 10 heteroatoms. The molecule has 0 fully saturated rings. The van der Waals surface area contributed by atoms with Crippen molar-refractivity contribution < 1.29 is 23.9 Å². The minimum absolute atomic E-state index is 0.0359. The van der Waals surface area contributed by atoms with Gasteiger partial charge in [-0.25, -0.2) is 14.8 Å². The number of hydrogen-bond donors (Lipinski definition) is 2. The normalized spacial score (nSPS) is 10.3. The van der Waals surface area contributed by atoms with Crippen LogP contribution in [0.25, 0.3) is 0 Å². The molecule has 2 aromatic rings. The molecule has 0 aromatic carbocycles. The molecule has 132 valence electrons. The van der Waals surface area contributed by atoms with Crippen LogP contribution in [0.3, 0.4) is 0 Å². The lowest BCUT2D eigenvalue weighted by Gasteiger charge is -2.06. The second-order valence-electron chi connectivity index (χ2n) is 4.63. The molecule has 2 rings (SSSR count). The molecule has 25 heavy (non-hydrogen) atoms. The van der Waals surface area contributed by atoms with Crippen LogP contribution < -0.4 is 5.73 Å². The number of nitrogens with two attached hydrogens (primary N) is 1. The van der Waals surface area contributed by atoms with E-state index in [2.05, 4.69) is 15.0 Å². The zero-order chi connectivity index (χ0) is 18.2. The molecular weight excluding hydrogens is 348 g/mol. The Hall–Kier alpha value is -2.88. The average Bonchev–Trinajstić information content (AvgIpc) is 3.12. The predicted molar refractivity (Wildman–Crippen MR) is 89.2 cm³/mol. The monoisotopic (exact) mass is 364 g/mol. The Bertz CT molecular complexity index is 763. The quantitative estimate of drug-likeness (QED) is 0.305. The summed E-state index contributed by atoms with van der Waals surface area (Å²) in [5.74, 6) is -1.68. The third-order valence-electron chi connectivity index (χ3n) is 2.87. The van der Waals surface area contributed by atoms with Crippen LogP contribution in [0.4, 0.5) is 5.82 Å². The number of aromatic amines is 1. The molecule has 0 bridgehead atoms. The number of nitrogens with one attached hydrogen (secondary N) is 1. The molecule has 2 aromatic heterocycles. The van der Waals surface area contributed by atoms with Crippen LogP contribution >= 0.6 is 11.8 Å². The second kappa shape index (κ2) is 8.83. The number of nitrogen functional groups attached to an aromatic ring is 1. The van der Waals surface area contributed by atoms with E-state index in [1.54, 1.807) is 25.3 Å². The number of ether oxygens (including phenoxy) is 2. The van der Waals surface area contributed by atoms with E-state index < -0.39 is 11.9 Å². The van der Waals surface area contributed by atoms with Gasteiger partial charge in [0.25, 0.3) is 0 Å². The van der Waals surface area contributed by atoms with Crippen molar-refractivity contribution in [3.05, 3.63) is 35.8 Å². The second-order valence-corrected chi connectivity index (χ2v) is 5.57. The van der Waals surface area contributed by atoms with Gasteiger partial charge in [-0.15, -0.1) is 0 Å². The fraction of sp³-hybridized carbons (Fsp3) is 0.267. The Morgan fingerprint density at radius 3 is 2.76 bits per heavy atom. The van der Waals surface area contributed by atoms with E-state index in [0.717, 1.165) is 11.8 Å². The van der Waals surface area contributed by atoms with Gasteiger partial charge in [0, 0.05) is 12.4 Å². The number of Topliss-reactive ketones (excluding diaryl/α,β-unsaturated/α-hetero) is 1. The number of carbonyl (C=O) groups excluding carboxylic acids is 3. The molecule has 0 unspecified atom stereocenters. The first-order valence-corrected chi connectivity index (χ1v) is 8.24. The third-order valence-corrected chi connectivity index (χ3v) is 3.71. The molecule has 0 saturated carbocycles. The van der Waals surface area contributed by atoms with Crippen LogP contribution in [0.1, 0.15) is 27.8 Å². The van der Waals surface area contributed by atoms with Gasteiger partial charge in [0.05, 0.1) is 18.1 Å². The summed E-state index contributed by atoms with van der Waals surface area (Å²) < 4.78 is 9.70. The molecule has 3 N–H and O–H groups in total. The SMILES string of the molecule is CCOC(=O)c1cnc(SCC(=O)OCC(=O)c2ccc[nH]2)nc1N. The number of hydrogen-bond acceptors (Lipinski definition) is 9. The number of esters is 2. The van der Waals surface area contributed by atoms with Gasteiger partial charge in [-0.1, -0.05) is 11.8 Å². The Balaban J connectivity index is 1.82. The van der Waals surface area contributed by atoms with E-state index in [0.29, 0.717) is 5.69 Å². The largest absolute Gasteiger partial charge is 0.462 e. The lowest BCUT2D eigenvalue weighted by Crippen LogP contribution is -2.16. The topological polar surface area (TPSA) is 137 Å². The van der Waals surface area contributed by atoms with Crippen molar-refractivity contribution in [3.8, 4) is 0 Å². The molecular formula is C15H16N4O5S. The van der Waals surface area contributed by atoms with E-state index >= 15 is 0 Å². The van der Waals surface area contributed by atoms with E-state index in [1.807, 2.05) is 0 Å². The van der Waals surface area contributed by atoms with Gasteiger partial charge in [0.1, 0.15) is 11.4 Å². The van der Waals surface area contributed by atoms with E-state index in [4.69, 9.17) is 15.2 Å². The van der Waals surface area contributed by atoms with Gasteiger partial charge in [-0.2, -0.15) is 0 Å². The number of ketones is 1. The zero-order valence-corrected chi connectivity index (χ0v) is 14.2. The highest BCUT2D eigenvalue weighted by Crippen LogP contribution is 2.17. The number of aromatic nitrogens is 3. The van der Waals surface area contributed by atoms with Gasteiger partial charge >= 0.3 is 11.9 Å². The van der Waals surface area contributed by atoms with E-state index in [9.17, 15) is 14.4 Å². The molecule has 0 atom stereocenters. The Labute approximate surface area is 147 Å². The maximum atomic E-state index is 11.7. The van der Waals surface area contributed by atoms with E-state index in [-0.39, 0.29) is 41.3 Å². The number of carbonyl (C=O) groups is 3. The summed E-state index contributed by atoms with van der Waals surface area (Å²) in [6, 6.07) is 3.26. The molecule has 2 heterocycles. The predicted octanol–water partition coefficient (Wildman–Crippen LogP) is 1.08. The van der Waals surface area contributed by atoms with Crippen molar-refractivity contribution in [1.82, 2.24) is 15.0 Å². The van der Waals surface area contributed by atoms with Crippen molar-refractivity contribution >= 4 is 35.3 Å². The first-order valence-electron chi connectivity index (χ1n) is 7.26. The third kappa shape index (κ3) is 5.31. The standard InChI is InChI=1S/C15H16N4O5S/c1-2-23-14(22)9-6-18-15(19-13(9)16)25-8-12(21)24-7-11(20)10-4-3-5-17-10/h3-6,17H,2,7-8H2,1H3,(H2,16,18,19).